The van der Waals surface area contributed by atoms with Crippen LogP contribution < -0.4 is 0 Å². The van der Waals surface area contributed by atoms with E-state index in [1.807, 2.05) is 6.07 Å². The average Bonchev–Trinajstić information content (AvgIpc) is 3.20. The second kappa shape index (κ2) is 7.69. The lowest BCUT2D eigenvalue weighted by Crippen LogP contribution is -2.08. The summed E-state index contributed by atoms with van der Waals surface area (Å²) in [6.45, 7) is 2.64. The van der Waals surface area contributed by atoms with Gasteiger partial charge in [0.25, 0.3) is 0 Å². The molecular formula is C25H20N4O2. The molecule has 31 heavy (non-hydrogen) atoms. The van der Waals surface area contributed by atoms with Gasteiger partial charge in [0.2, 0.25) is 0 Å². The fourth-order valence-electron chi connectivity index (χ4n) is 4.36. The van der Waals surface area contributed by atoms with Crippen molar-refractivity contribution in [2.75, 3.05) is 6.61 Å². The summed E-state index contributed by atoms with van der Waals surface area (Å²) in [6, 6.07) is 21.1. The van der Waals surface area contributed by atoms with Gasteiger partial charge in [0.15, 0.2) is 5.69 Å². The van der Waals surface area contributed by atoms with E-state index in [1.165, 1.54) is 21.5 Å². The number of hydrogen-bond donors (Lipinski definition) is 0. The van der Waals surface area contributed by atoms with Crippen molar-refractivity contribution in [3.63, 3.8) is 0 Å². The van der Waals surface area contributed by atoms with Gasteiger partial charge in [-0.1, -0.05) is 59.8 Å². The maximum Gasteiger partial charge on any atom is 0.305 e. The first kappa shape index (κ1) is 19.0. The van der Waals surface area contributed by atoms with E-state index in [4.69, 9.17) is 4.74 Å². The van der Waals surface area contributed by atoms with Crippen LogP contribution in [0.4, 0.5) is 0 Å². The van der Waals surface area contributed by atoms with Gasteiger partial charge < -0.3 is 4.74 Å². The lowest BCUT2D eigenvalue weighted by molar-refractivity contribution is -0.143. The molecular weight excluding hydrogens is 388 g/mol. The normalized spacial score (nSPS) is 11.4. The topological polar surface area (TPSA) is 80.8 Å². The minimum Gasteiger partial charge on any atom is -0.466 e. The Labute approximate surface area is 179 Å². The summed E-state index contributed by atoms with van der Waals surface area (Å²) in [5, 5.41) is 25.0. The number of carbonyl (C=O) groups excluding carboxylic acids is 1. The Hall–Kier alpha value is -3.98. The van der Waals surface area contributed by atoms with Crippen LogP contribution in [-0.4, -0.2) is 27.6 Å². The van der Waals surface area contributed by atoms with E-state index >= 15 is 0 Å². The monoisotopic (exact) mass is 408 g/mol. The Morgan fingerprint density at radius 2 is 1.74 bits per heavy atom. The molecule has 0 aliphatic heterocycles. The van der Waals surface area contributed by atoms with Crippen molar-refractivity contribution in [1.82, 2.24) is 15.0 Å². The van der Waals surface area contributed by atoms with Gasteiger partial charge in [0.05, 0.1) is 6.61 Å². The highest BCUT2D eigenvalue weighted by Gasteiger charge is 2.19. The number of hydrogen-bond acceptors (Lipinski definition) is 5. The molecule has 0 saturated heterocycles. The largest absolute Gasteiger partial charge is 0.466 e. The third-order valence-corrected chi connectivity index (χ3v) is 5.68. The molecule has 6 heteroatoms. The molecule has 0 bridgehead atoms. The van der Waals surface area contributed by atoms with Gasteiger partial charge in [-0.05, 0) is 45.7 Å². The van der Waals surface area contributed by atoms with E-state index in [9.17, 15) is 10.1 Å². The first-order valence-electron chi connectivity index (χ1n) is 10.4. The van der Waals surface area contributed by atoms with Crippen LogP contribution in [0.1, 0.15) is 25.5 Å². The third kappa shape index (κ3) is 3.15. The van der Waals surface area contributed by atoms with Crippen molar-refractivity contribution in [1.29, 1.82) is 5.26 Å². The average molecular weight is 408 g/mol. The molecule has 4 aromatic carbocycles. The molecule has 1 aromatic heterocycles. The van der Waals surface area contributed by atoms with Crippen LogP contribution in [0.2, 0.25) is 0 Å². The number of aromatic nitrogens is 3. The number of nitrogens with zero attached hydrogens (tertiary/aromatic N) is 4. The molecule has 1 heterocycles. The van der Waals surface area contributed by atoms with E-state index in [0.717, 1.165) is 16.3 Å². The van der Waals surface area contributed by atoms with E-state index < -0.39 is 0 Å². The summed E-state index contributed by atoms with van der Waals surface area (Å²) in [5.41, 5.74) is 1.89. The number of rotatable bonds is 6. The summed E-state index contributed by atoms with van der Waals surface area (Å²) in [4.78, 5) is 11.7. The lowest BCUT2D eigenvalue weighted by atomic mass is 9.91. The predicted molar refractivity (Wildman–Crippen MR) is 120 cm³/mol. The summed E-state index contributed by atoms with van der Waals surface area (Å²) in [5.74, 6) is -0.229. The molecule has 0 atom stereocenters. The Morgan fingerprint density at radius 3 is 2.48 bits per heavy atom. The van der Waals surface area contributed by atoms with Gasteiger partial charge in [0, 0.05) is 18.5 Å². The zero-order chi connectivity index (χ0) is 21.4. The van der Waals surface area contributed by atoms with Gasteiger partial charge in [-0.2, -0.15) is 5.26 Å². The van der Waals surface area contributed by atoms with Gasteiger partial charge in [-0.25, -0.2) is 4.68 Å². The second-order valence-electron chi connectivity index (χ2n) is 7.50. The Balaban J connectivity index is 1.65. The fraction of sp³-hybridized carbons (Fsp3) is 0.200. The Bertz CT molecular complexity index is 1450. The molecule has 5 rings (SSSR count). The number of aryl methyl sites for hydroxylation is 1. The summed E-state index contributed by atoms with van der Waals surface area (Å²) in [6.07, 6.45) is 0.861. The van der Waals surface area contributed by atoms with Crippen molar-refractivity contribution in [3.8, 4) is 17.3 Å². The second-order valence-corrected chi connectivity index (χ2v) is 7.50. The minimum absolute atomic E-state index is 0.229. The highest BCUT2D eigenvalue weighted by Crippen LogP contribution is 2.39. The molecule has 0 aliphatic rings. The standard InChI is InChI=1S/C25H20N4O2/c1-2-31-22(30)7-4-14-29-25(21(15-26)27-28-29)20-13-11-18-9-8-16-5-3-6-17-10-12-19(20)24(18)23(16)17/h3,5-6,8-13H,2,4,7,14H2,1H3. The van der Waals surface area contributed by atoms with Crippen LogP contribution in [0.25, 0.3) is 43.6 Å². The molecule has 0 N–H and O–H groups in total. The first-order chi connectivity index (χ1) is 15.2. The van der Waals surface area contributed by atoms with E-state index in [-0.39, 0.29) is 11.7 Å². The summed E-state index contributed by atoms with van der Waals surface area (Å²) in [7, 11) is 0. The number of nitriles is 1. The quantitative estimate of drug-likeness (QED) is 0.290. The maximum absolute atomic E-state index is 11.7. The van der Waals surface area contributed by atoms with Crippen LogP contribution in [-0.2, 0) is 16.1 Å². The molecule has 152 valence electrons. The summed E-state index contributed by atoms with van der Waals surface area (Å²) < 4.78 is 6.73. The van der Waals surface area contributed by atoms with E-state index in [2.05, 4.69) is 64.9 Å². The molecule has 0 fully saturated rings. The SMILES string of the molecule is CCOC(=O)CCCn1nnc(C#N)c1-c1ccc2ccc3cccc4ccc1c2c34. The molecule has 6 nitrogen and oxygen atoms in total. The lowest BCUT2D eigenvalue weighted by Gasteiger charge is -2.14. The number of ether oxygens (including phenoxy) is 1. The van der Waals surface area contributed by atoms with Gasteiger partial charge in [-0.3, -0.25) is 4.79 Å². The van der Waals surface area contributed by atoms with E-state index in [0.29, 0.717) is 31.7 Å². The minimum atomic E-state index is -0.229. The zero-order valence-corrected chi connectivity index (χ0v) is 17.1. The molecule has 5 aromatic rings. The van der Waals surface area contributed by atoms with E-state index in [1.54, 1.807) is 11.6 Å². The molecule has 0 saturated carbocycles. The van der Waals surface area contributed by atoms with Crippen molar-refractivity contribution in [2.45, 2.75) is 26.3 Å². The molecule has 0 radical (unpaired) electrons. The first-order valence-corrected chi connectivity index (χ1v) is 10.4. The zero-order valence-electron chi connectivity index (χ0n) is 17.1. The smallest absolute Gasteiger partial charge is 0.305 e. The molecule has 0 aliphatic carbocycles. The van der Waals surface area contributed by atoms with Gasteiger partial charge in [0.1, 0.15) is 11.8 Å². The molecule has 0 unspecified atom stereocenters. The summed E-state index contributed by atoms with van der Waals surface area (Å²) >= 11 is 0. The number of carbonyl (C=O) groups is 1. The number of esters is 1. The maximum atomic E-state index is 11.7. The van der Waals surface area contributed by atoms with Gasteiger partial charge >= 0.3 is 5.97 Å². The third-order valence-electron chi connectivity index (χ3n) is 5.68. The van der Waals surface area contributed by atoms with Crippen LogP contribution in [0, 0.1) is 11.3 Å². The van der Waals surface area contributed by atoms with Crippen molar-refractivity contribution < 1.29 is 9.53 Å². The van der Waals surface area contributed by atoms with Crippen LogP contribution >= 0.6 is 0 Å². The Morgan fingerprint density at radius 1 is 1.03 bits per heavy atom. The fourth-order valence-corrected chi connectivity index (χ4v) is 4.36. The van der Waals surface area contributed by atoms with Crippen LogP contribution in [0.3, 0.4) is 0 Å². The van der Waals surface area contributed by atoms with Crippen molar-refractivity contribution in [3.05, 3.63) is 60.3 Å². The van der Waals surface area contributed by atoms with Crippen LogP contribution in [0.5, 0.6) is 0 Å². The molecule has 0 spiro atoms. The molecule has 0 amide bonds. The van der Waals surface area contributed by atoms with Crippen LogP contribution in [0.15, 0.2) is 54.6 Å². The highest BCUT2D eigenvalue weighted by molar-refractivity contribution is 6.25. The van der Waals surface area contributed by atoms with Crippen molar-refractivity contribution in [2.24, 2.45) is 0 Å². The van der Waals surface area contributed by atoms with Crippen molar-refractivity contribution >= 4 is 38.3 Å². The Kier molecular flexibility index (Phi) is 4.72. The predicted octanol–water partition coefficient (Wildman–Crippen LogP) is 5.06. The number of benzene rings is 4. The van der Waals surface area contributed by atoms with Gasteiger partial charge in [-0.15, -0.1) is 5.10 Å². The highest BCUT2D eigenvalue weighted by atomic mass is 16.5.